The average Bonchev–Trinajstić information content (AvgIpc) is 2.05. The van der Waals surface area contributed by atoms with Gasteiger partial charge in [-0.3, -0.25) is 0 Å². The quantitative estimate of drug-likeness (QED) is 0.558. The van der Waals surface area contributed by atoms with Crippen molar-refractivity contribution in [2.24, 2.45) is 0 Å². The summed E-state index contributed by atoms with van der Waals surface area (Å²) in [6.45, 7) is 0. The van der Waals surface area contributed by atoms with E-state index in [0.717, 1.165) is 8.90 Å². The van der Waals surface area contributed by atoms with Crippen molar-refractivity contribution in [2.45, 2.75) is 5.38 Å². The van der Waals surface area contributed by atoms with E-state index in [1.54, 1.807) is 0 Å². The third-order valence-electron chi connectivity index (χ3n) is 1.37. The minimum Gasteiger partial charge on any atom is -0.117 e. The summed E-state index contributed by atoms with van der Waals surface area (Å²) in [6, 6.07) is 8.11. The van der Waals surface area contributed by atoms with Gasteiger partial charge < -0.3 is 0 Å². The summed E-state index contributed by atoms with van der Waals surface area (Å²) in [5, 5.41) is 0.142. The van der Waals surface area contributed by atoms with E-state index >= 15 is 0 Å². The van der Waals surface area contributed by atoms with E-state index in [1.807, 2.05) is 24.3 Å². The third-order valence-corrected chi connectivity index (χ3v) is 3.70. The van der Waals surface area contributed by atoms with Gasteiger partial charge in [-0.15, -0.1) is 11.6 Å². The average molecular weight is 345 g/mol. The first-order valence-corrected chi connectivity index (χ1v) is 5.95. The zero-order valence-corrected chi connectivity index (χ0v) is 10.2. The lowest BCUT2D eigenvalue weighted by molar-refractivity contribution is 1.12. The molecule has 1 aromatic rings. The molecule has 0 nitrogen and oxygen atoms in total. The van der Waals surface area contributed by atoms with Crippen LogP contribution in [0.4, 0.5) is 0 Å². The number of alkyl halides is 2. The molecule has 0 aliphatic heterocycles. The first-order valence-electron chi connectivity index (χ1n) is 3.19. The topological polar surface area (TPSA) is 0 Å². The monoisotopic (exact) mass is 344 g/mol. The maximum Gasteiger partial charge on any atom is 0.0674 e. The zero-order chi connectivity index (χ0) is 8.27. The molecule has 0 spiro atoms. The van der Waals surface area contributed by atoms with Crippen LogP contribution in [0.3, 0.4) is 0 Å². The van der Waals surface area contributed by atoms with E-state index in [2.05, 4.69) is 38.5 Å². The van der Waals surface area contributed by atoms with E-state index in [0.29, 0.717) is 0 Å². The van der Waals surface area contributed by atoms with Gasteiger partial charge in [-0.2, -0.15) is 0 Å². The SMILES string of the molecule is ClC(CI)c1ccc(Br)cc1. The van der Waals surface area contributed by atoms with Crippen molar-refractivity contribution in [3.63, 3.8) is 0 Å². The van der Waals surface area contributed by atoms with Crippen LogP contribution < -0.4 is 0 Å². The molecule has 1 atom stereocenters. The summed E-state index contributed by atoms with van der Waals surface area (Å²) in [5.74, 6) is 0. The van der Waals surface area contributed by atoms with Crippen LogP contribution in [0.15, 0.2) is 28.7 Å². The molecular formula is C8H7BrClI. The van der Waals surface area contributed by atoms with Gasteiger partial charge in [-0.1, -0.05) is 50.7 Å². The summed E-state index contributed by atoms with van der Waals surface area (Å²) in [5.41, 5.74) is 1.18. The molecule has 1 aromatic carbocycles. The number of hydrogen-bond acceptors (Lipinski definition) is 0. The second-order valence-corrected chi connectivity index (χ2v) is 4.50. The summed E-state index contributed by atoms with van der Waals surface area (Å²) in [6.07, 6.45) is 0. The highest BCUT2D eigenvalue weighted by molar-refractivity contribution is 14.1. The highest BCUT2D eigenvalue weighted by Gasteiger charge is 2.03. The lowest BCUT2D eigenvalue weighted by Crippen LogP contribution is -1.89. The first-order chi connectivity index (χ1) is 5.24. The van der Waals surface area contributed by atoms with Crippen LogP contribution in [0.5, 0.6) is 0 Å². The second-order valence-electron chi connectivity index (χ2n) is 2.17. The van der Waals surface area contributed by atoms with Crippen molar-refractivity contribution >= 4 is 50.1 Å². The molecule has 0 saturated carbocycles. The lowest BCUT2D eigenvalue weighted by Gasteiger charge is -2.04. The molecule has 1 unspecified atom stereocenters. The highest BCUT2D eigenvalue weighted by atomic mass is 127. The molecule has 3 heteroatoms. The molecule has 0 radical (unpaired) electrons. The predicted octanol–water partition coefficient (Wildman–Crippen LogP) is 4.16. The Kier molecular flexibility index (Phi) is 4.17. The standard InChI is InChI=1S/C8H7BrClI/c9-7-3-1-6(2-4-7)8(10)5-11/h1-4,8H,5H2. The summed E-state index contributed by atoms with van der Waals surface area (Å²) in [7, 11) is 0. The van der Waals surface area contributed by atoms with Crippen LogP contribution in [-0.4, -0.2) is 4.43 Å². The second kappa shape index (κ2) is 4.67. The highest BCUT2D eigenvalue weighted by Crippen LogP contribution is 2.23. The summed E-state index contributed by atoms with van der Waals surface area (Å²) in [4.78, 5) is 0. The molecule has 0 aromatic heterocycles. The van der Waals surface area contributed by atoms with E-state index < -0.39 is 0 Å². The van der Waals surface area contributed by atoms with E-state index in [9.17, 15) is 0 Å². The number of hydrogen-bond donors (Lipinski definition) is 0. The van der Waals surface area contributed by atoms with Crippen LogP contribution in [0.25, 0.3) is 0 Å². The van der Waals surface area contributed by atoms with Crippen LogP contribution in [0.2, 0.25) is 0 Å². The fourth-order valence-corrected chi connectivity index (χ4v) is 1.68. The number of benzene rings is 1. The van der Waals surface area contributed by atoms with Crippen LogP contribution in [-0.2, 0) is 0 Å². The van der Waals surface area contributed by atoms with Gasteiger partial charge in [-0.25, -0.2) is 0 Å². The minimum absolute atomic E-state index is 0.142. The van der Waals surface area contributed by atoms with Crippen molar-refractivity contribution in [1.29, 1.82) is 0 Å². The van der Waals surface area contributed by atoms with Gasteiger partial charge in [0.05, 0.1) is 5.38 Å². The number of halogens is 3. The Morgan fingerprint density at radius 1 is 1.36 bits per heavy atom. The maximum atomic E-state index is 6.02. The van der Waals surface area contributed by atoms with Crippen molar-refractivity contribution in [1.82, 2.24) is 0 Å². The van der Waals surface area contributed by atoms with Crippen molar-refractivity contribution in [3.05, 3.63) is 34.3 Å². The van der Waals surface area contributed by atoms with Gasteiger partial charge >= 0.3 is 0 Å². The van der Waals surface area contributed by atoms with Gasteiger partial charge in [0, 0.05) is 8.90 Å². The van der Waals surface area contributed by atoms with Gasteiger partial charge in [0.1, 0.15) is 0 Å². The van der Waals surface area contributed by atoms with Crippen LogP contribution in [0.1, 0.15) is 10.9 Å². The van der Waals surface area contributed by atoms with Crippen molar-refractivity contribution < 1.29 is 0 Å². The molecule has 0 aliphatic rings. The van der Waals surface area contributed by atoms with Gasteiger partial charge in [0.25, 0.3) is 0 Å². The first kappa shape index (κ1) is 9.81. The van der Waals surface area contributed by atoms with Crippen LogP contribution >= 0.6 is 50.1 Å². The Hall–Kier alpha value is 0.720. The van der Waals surface area contributed by atoms with Gasteiger partial charge in [0.2, 0.25) is 0 Å². The molecular weight excluding hydrogens is 338 g/mol. The molecule has 0 fully saturated rings. The molecule has 11 heavy (non-hydrogen) atoms. The summed E-state index contributed by atoms with van der Waals surface area (Å²) < 4.78 is 2.04. The Bertz CT molecular complexity index is 222. The zero-order valence-electron chi connectivity index (χ0n) is 5.73. The molecule has 0 aliphatic carbocycles. The molecule has 0 amide bonds. The molecule has 1 rings (SSSR count). The Morgan fingerprint density at radius 2 is 1.91 bits per heavy atom. The van der Waals surface area contributed by atoms with E-state index in [4.69, 9.17) is 11.6 Å². The van der Waals surface area contributed by atoms with E-state index in [-0.39, 0.29) is 5.38 Å². The predicted molar refractivity (Wildman–Crippen MR) is 61.6 cm³/mol. The van der Waals surface area contributed by atoms with Gasteiger partial charge in [0.15, 0.2) is 0 Å². The fourth-order valence-electron chi connectivity index (χ4n) is 0.761. The van der Waals surface area contributed by atoms with Crippen molar-refractivity contribution in [2.75, 3.05) is 4.43 Å². The maximum absolute atomic E-state index is 6.02. The third kappa shape index (κ3) is 2.92. The largest absolute Gasteiger partial charge is 0.117 e. The Labute approximate surface area is 93.6 Å². The van der Waals surface area contributed by atoms with Gasteiger partial charge in [-0.05, 0) is 17.7 Å². The summed E-state index contributed by atoms with van der Waals surface area (Å²) >= 11 is 11.7. The van der Waals surface area contributed by atoms with Crippen LogP contribution in [0, 0.1) is 0 Å². The molecule has 0 bridgehead atoms. The van der Waals surface area contributed by atoms with E-state index in [1.165, 1.54) is 5.56 Å². The Balaban J connectivity index is 2.81. The Morgan fingerprint density at radius 3 is 2.36 bits per heavy atom. The molecule has 0 N–H and O–H groups in total. The van der Waals surface area contributed by atoms with Crippen molar-refractivity contribution in [3.8, 4) is 0 Å². The molecule has 0 saturated heterocycles. The molecule has 60 valence electrons. The number of rotatable bonds is 2. The smallest absolute Gasteiger partial charge is 0.0674 e. The lowest BCUT2D eigenvalue weighted by atomic mass is 10.2. The fraction of sp³-hybridized carbons (Fsp3) is 0.250. The minimum atomic E-state index is 0.142. The molecule has 0 heterocycles. The normalized spacial score (nSPS) is 13.0.